The second-order valence-electron chi connectivity index (χ2n) is 13.1. The number of rotatable bonds is 9. The minimum atomic E-state index is -2.84. The molecule has 11 nitrogen and oxygen atoms in total. The molecular formula is C39H44N4O7. The van der Waals surface area contributed by atoms with E-state index in [0.29, 0.717) is 29.1 Å². The third-order valence-electron chi connectivity index (χ3n) is 10.1. The molecule has 0 spiro atoms. The zero-order valence-corrected chi connectivity index (χ0v) is 29.7. The van der Waals surface area contributed by atoms with E-state index in [1.807, 2.05) is 39.0 Å². The SMILES string of the molecule is C=Cc1c(C)c2cc3nc(c4c5nc(cc6[nH]c(cc1[nH]2)c(C)c6CC)C(C)=C5C(=O)OC4(O)C(=O)OCCC)[C@@H](CCC(=O)OCC)C3C. The number of carbonyl (C=O) groups is 3. The van der Waals surface area contributed by atoms with Gasteiger partial charge < -0.3 is 29.3 Å². The van der Waals surface area contributed by atoms with Crippen molar-refractivity contribution in [1.82, 2.24) is 19.9 Å². The lowest BCUT2D eigenvalue weighted by atomic mass is 9.82. The Morgan fingerprint density at radius 3 is 2.42 bits per heavy atom. The first-order valence-corrected chi connectivity index (χ1v) is 17.3. The Kier molecular flexibility index (Phi) is 9.30. The van der Waals surface area contributed by atoms with Gasteiger partial charge in [-0.25, -0.2) is 14.6 Å². The lowest BCUT2D eigenvalue weighted by molar-refractivity contribution is -0.230. The van der Waals surface area contributed by atoms with Crippen LogP contribution in [0.15, 0.2) is 24.8 Å². The summed E-state index contributed by atoms with van der Waals surface area (Å²) in [6, 6.07) is 5.89. The summed E-state index contributed by atoms with van der Waals surface area (Å²) in [7, 11) is 0. The van der Waals surface area contributed by atoms with Crippen molar-refractivity contribution in [3.63, 3.8) is 0 Å². The Balaban J connectivity index is 1.80. The molecule has 3 N–H and O–H groups in total. The van der Waals surface area contributed by atoms with E-state index < -0.39 is 23.6 Å². The number of aryl methyl sites for hydroxylation is 3. The van der Waals surface area contributed by atoms with Crippen LogP contribution in [0.25, 0.3) is 39.3 Å². The lowest BCUT2D eigenvalue weighted by Crippen LogP contribution is -2.46. The molecule has 0 saturated carbocycles. The molecule has 2 unspecified atom stereocenters. The molecule has 3 aromatic heterocycles. The van der Waals surface area contributed by atoms with Crippen LogP contribution in [0.1, 0.15) is 116 Å². The van der Waals surface area contributed by atoms with E-state index in [4.69, 9.17) is 24.2 Å². The Labute approximate surface area is 290 Å². The highest BCUT2D eigenvalue weighted by Gasteiger charge is 2.55. The summed E-state index contributed by atoms with van der Waals surface area (Å²) in [5.41, 5.74) is 9.57. The molecule has 262 valence electrons. The van der Waals surface area contributed by atoms with Gasteiger partial charge in [0.1, 0.15) is 0 Å². The van der Waals surface area contributed by atoms with Gasteiger partial charge in [-0.3, -0.25) is 9.78 Å². The fourth-order valence-corrected chi connectivity index (χ4v) is 7.34. The van der Waals surface area contributed by atoms with Crippen molar-refractivity contribution in [3.8, 4) is 0 Å². The Morgan fingerprint density at radius 2 is 1.74 bits per heavy atom. The molecule has 8 bridgehead atoms. The molecule has 0 amide bonds. The molecule has 50 heavy (non-hydrogen) atoms. The van der Waals surface area contributed by atoms with Crippen LogP contribution in [0.4, 0.5) is 0 Å². The van der Waals surface area contributed by atoms with E-state index in [0.717, 1.165) is 50.7 Å². The van der Waals surface area contributed by atoms with Gasteiger partial charge in [0.2, 0.25) is 0 Å². The number of allylic oxidation sites excluding steroid dienone is 1. The molecule has 0 radical (unpaired) electrons. The molecule has 0 aliphatic carbocycles. The van der Waals surface area contributed by atoms with Crippen molar-refractivity contribution in [2.45, 2.75) is 91.8 Å². The zero-order valence-electron chi connectivity index (χ0n) is 29.7. The zero-order chi connectivity index (χ0) is 36.1. The number of ether oxygens (including phenoxy) is 3. The van der Waals surface area contributed by atoms with E-state index >= 15 is 0 Å². The predicted octanol–water partition coefficient (Wildman–Crippen LogP) is 6.95. The second kappa shape index (κ2) is 13.4. The molecule has 3 aliphatic heterocycles. The molecule has 6 rings (SSSR count). The van der Waals surface area contributed by atoms with Crippen LogP contribution in [0.5, 0.6) is 0 Å². The summed E-state index contributed by atoms with van der Waals surface area (Å²) in [6.07, 6.45) is 3.39. The normalized spacial score (nSPS) is 19.7. The highest BCUT2D eigenvalue weighted by molar-refractivity contribution is 6.27. The summed E-state index contributed by atoms with van der Waals surface area (Å²) in [6.45, 7) is 17.8. The monoisotopic (exact) mass is 680 g/mol. The van der Waals surface area contributed by atoms with Crippen molar-refractivity contribution in [2.75, 3.05) is 13.2 Å². The first-order valence-electron chi connectivity index (χ1n) is 17.3. The molecule has 3 aromatic rings. The number of aromatic nitrogens is 4. The Morgan fingerprint density at radius 1 is 1.02 bits per heavy atom. The van der Waals surface area contributed by atoms with Gasteiger partial charge in [0.15, 0.2) is 0 Å². The maximum absolute atomic E-state index is 13.7. The topological polar surface area (TPSA) is 156 Å². The quantitative estimate of drug-likeness (QED) is 0.161. The molecule has 3 aliphatic rings. The molecule has 0 aromatic carbocycles. The minimum absolute atomic E-state index is 0.00294. The lowest BCUT2D eigenvalue weighted by Gasteiger charge is -2.32. The first-order chi connectivity index (χ1) is 23.9. The standard InChI is InChI=1S/C39H44N4O7/c1-9-15-49-38(46)39(47)34-35-25(13-14-32(44)48-12-4)21(7)28(42-35)16-26-19(5)23(10-2)30(40-26)17-27-20(6)24(11-3)31(41-27)18-29-22(8)33(36(34)43-29)37(45)50-39/h10,16-18,21,25,40-41,47H,2,9,11-15H2,1,3-8H3/t21?,25-,39?/m0/s1. The van der Waals surface area contributed by atoms with Crippen LogP contribution in [0.2, 0.25) is 0 Å². The summed E-state index contributed by atoms with van der Waals surface area (Å²) < 4.78 is 16.4. The highest BCUT2D eigenvalue weighted by atomic mass is 16.7. The molecule has 6 heterocycles. The number of nitrogens with zero attached hydrogens (tertiary/aromatic N) is 2. The fourth-order valence-electron chi connectivity index (χ4n) is 7.34. The minimum Gasteiger partial charge on any atom is -0.466 e. The van der Waals surface area contributed by atoms with Crippen LogP contribution in [-0.2, 0) is 40.8 Å². The van der Waals surface area contributed by atoms with Gasteiger partial charge in [0.25, 0.3) is 0 Å². The third-order valence-corrected chi connectivity index (χ3v) is 10.1. The predicted molar refractivity (Wildman–Crippen MR) is 191 cm³/mol. The number of aliphatic hydroxyl groups is 1. The van der Waals surface area contributed by atoms with Crippen molar-refractivity contribution >= 4 is 57.2 Å². The van der Waals surface area contributed by atoms with E-state index in [2.05, 4.69) is 36.5 Å². The van der Waals surface area contributed by atoms with Crippen LogP contribution >= 0.6 is 0 Å². The summed E-state index contributed by atoms with van der Waals surface area (Å²) >= 11 is 0. The van der Waals surface area contributed by atoms with Gasteiger partial charge in [0.05, 0.1) is 41.4 Å². The van der Waals surface area contributed by atoms with Gasteiger partial charge >= 0.3 is 23.7 Å². The number of H-pyrrole nitrogens is 2. The van der Waals surface area contributed by atoms with Crippen molar-refractivity contribution < 1.29 is 33.7 Å². The van der Waals surface area contributed by atoms with Crippen molar-refractivity contribution in [1.29, 1.82) is 0 Å². The van der Waals surface area contributed by atoms with Gasteiger partial charge in [0, 0.05) is 51.6 Å². The van der Waals surface area contributed by atoms with Gasteiger partial charge in [-0.05, 0) is 87.4 Å². The number of cyclic esters (lactones) is 1. The van der Waals surface area contributed by atoms with Crippen molar-refractivity contribution in [2.24, 2.45) is 0 Å². The first kappa shape index (κ1) is 34.8. The van der Waals surface area contributed by atoms with Gasteiger partial charge in [-0.15, -0.1) is 0 Å². The number of aromatic amines is 2. The average Bonchev–Trinajstić information content (AvgIpc) is 3.75. The van der Waals surface area contributed by atoms with E-state index in [-0.39, 0.29) is 54.8 Å². The second-order valence-corrected chi connectivity index (χ2v) is 13.1. The average molecular weight is 681 g/mol. The number of hydrogen-bond donors (Lipinski definition) is 3. The van der Waals surface area contributed by atoms with Gasteiger partial charge in [-0.2, -0.15) is 0 Å². The molecule has 0 fully saturated rings. The maximum atomic E-state index is 13.7. The number of fused-ring (bicyclic) bond motifs is 8. The molecule has 11 heteroatoms. The van der Waals surface area contributed by atoms with Crippen LogP contribution < -0.4 is 0 Å². The number of carbonyl (C=O) groups excluding carboxylic acids is 3. The summed E-state index contributed by atoms with van der Waals surface area (Å²) in [5.74, 6) is -6.03. The van der Waals surface area contributed by atoms with E-state index in [9.17, 15) is 19.5 Å². The van der Waals surface area contributed by atoms with E-state index in [1.165, 1.54) is 0 Å². The molecule has 0 saturated heterocycles. The molecular weight excluding hydrogens is 636 g/mol. The largest absolute Gasteiger partial charge is 0.466 e. The summed E-state index contributed by atoms with van der Waals surface area (Å²) in [5, 5.41) is 12.2. The number of hydrogen-bond acceptors (Lipinski definition) is 9. The summed E-state index contributed by atoms with van der Waals surface area (Å²) in [4.78, 5) is 57.3. The Hall–Kier alpha value is -5.03. The van der Waals surface area contributed by atoms with Crippen LogP contribution in [-0.4, -0.2) is 56.2 Å². The van der Waals surface area contributed by atoms with Gasteiger partial charge in [-0.1, -0.05) is 33.4 Å². The Bertz CT molecular complexity index is 2140. The fraction of sp³-hybridized carbons (Fsp3) is 0.410. The van der Waals surface area contributed by atoms with E-state index in [1.54, 1.807) is 13.8 Å². The smallest absolute Gasteiger partial charge is 0.385 e. The number of nitrogens with one attached hydrogen (secondary N) is 2. The van der Waals surface area contributed by atoms with Crippen LogP contribution in [0, 0.1) is 13.8 Å². The van der Waals surface area contributed by atoms with Crippen LogP contribution in [0.3, 0.4) is 0 Å². The third kappa shape index (κ3) is 5.63. The maximum Gasteiger partial charge on any atom is 0.385 e. The van der Waals surface area contributed by atoms with Crippen molar-refractivity contribution in [3.05, 3.63) is 75.4 Å². The molecule has 3 atom stereocenters. The highest BCUT2D eigenvalue weighted by Crippen LogP contribution is 2.49. The number of esters is 3.